The van der Waals surface area contributed by atoms with Crippen molar-refractivity contribution in [3.63, 3.8) is 0 Å². The molecule has 0 spiro atoms. The number of nitrogens with one attached hydrogen (secondary N) is 11. The standard InChI is InChI=1S/C69H91F2N17O17S2/c70-40-15-18-44-42(32-40)39(33-78-44)31-50-65(102)81-47(20-22-57(94)95)62(99)85-51(59(73)96)34-106-107-35-52(86-63(100)48(29-36-13-16-41(89)17-14-36)83-67(104)53-12-6-28-88(53)55(91)23-25-72)66(103)87-58(37-7-1-2-8-37)68(105)84-49(30-38-9-3-4-10-43(38)71)64(101)80-45(11-5-26-77-69(74)75)60(97)76-27-24-54(90)79-46(61(98)82-50)19-21-56(92)93/h3-4,9-10,13-18,32-33,37,45-53,58,78,89H,1-2,5-8,11-12,19-31,34-35,72H2,(H2,73,96)(H,76,97)(H,79,90)(H,80,101)(H,81,102)(H,82,98)(H,83,104)(H,84,105)(H,85,99)(H,86,100)(H,87,103)(H,92,93)(H,94,95)(H4,74,75,77)/t45-,46-,47-,48-,49-,50-,51-,52-,53-,58+/m0/s1. The predicted octanol–water partition coefficient (Wildman–Crippen LogP) is -1.76. The first kappa shape index (κ1) is 83.6. The number of aliphatic imine (C=N–C) groups is 1. The van der Waals surface area contributed by atoms with Crippen LogP contribution in [0.25, 0.3) is 10.9 Å². The number of phenolic OH excluding ortho intramolecular Hbond substituents is 1. The Balaban J connectivity index is 1.29. The normalized spacial score (nSPS) is 22.8. The molecule has 7 rings (SSSR count). The van der Waals surface area contributed by atoms with Gasteiger partial charge in [-0.3, -0.25) is 72.1 Å². The Morgan fingerprint density at radius 1 is 0.654 bits per heavy atom. The van der Waals surface area contributed by atoms with Gasteiger partial charge in [0.2, 0.25) is 70.9 Å². The van der Waals surface area contributed by atoms with Gasteiger partial charge in [0.05, 0.1) is 0 Å². The van der Waals surface area contributed by atoms with Crippen LogP contribution in [-0.4, -0.2) is 212 Å². The molecule has 0 radical (unpaired) electrons. The summed E-state index contributed by atoms with van der Waals surface area (Å²) in [6.07, 6.45) is -1.03. The quantitative estimate of drug-likeness (QED) is 0.0160. The summed E-state index contributed by atoms with van der Waals surface area (Å²) in [5.41, 5.74) is 23.6. The molecule has 2 saturated heterocycles. The van der Waals surface area contributed by atoms with Crippen LogP contribution in [0.15, 0.2) is 77.9 Å². The van der Waals surface area contributed by atoms with Gasteiger partial charge in [-0.25, -0.2) is 8.78 Å². The Morgan fingerprint density at radius 2 is 1.26 bits per heavy atom. The van der Waals surface area contributed by atoms with Crippen molar-refractivity contribution >= 4 is 121 Å². The molecule has 0 unspecified atom stereocenters. The molecular weight excluding hydrogens is 1440 g/mol. The van der Waals surface area contributed by atoms with E-state index < -0.39 is 224 Å². The van der Waals surface area contributed by atoms with Crippen molar-refractivity contribution < 1.29 is 91.2 Å². The second-order valence-electron chi connectivity index (χ2n) is 26.1. The molecule has 12 amide bonds. The number of carboxylic acids is 2. The summed E-state index contributed by atoms with van der Waals surface area (Å²) in [6, 6.07) is -1.38. The van der Waals surface area contributed by atoms with Gasteiger partial charge in [0.1, 0.15) is 77.8 Å². The number of aromatic amines is 1. The molecule has 580 valence electrons. The molecule has 3 aliphatic rings. The molecule has 1 saturated carbocycles. The van der Waals surface area contributed by atoms with E-state index >= 15 is 18.8 Å². The monoisotopic (exact) mass is 1530 g/mol. The van der Waals surface area contributed by atoms with Crippen LogP contribution in [0.5, 0.6) is 5.75 Å². The van der Waals surface area contributed by atoms with Crippen molar-refractivity contribution in [1.29, 1.82) is 0 Å². The van der Waals surface area contributed by atoms with Crippen molar-refractivity contribution in [2.45, 2.75) is 170 Å². The van der Waals surface area contributed by atoms with Crippen LogP contribution in [-0.2, 0) is 86.4 Å². The molecule has 2 aliphatic heterocycles. The van der Waals surface area contributed by atoms with Gasteiger partial charge < -0.3 is 101 Å². The van der Waals surface area contributed by atoms with Gasteiger partial charge in [-0.15, -0.1) is 0 Å². The number of likely N-dealkylation sites (tertiary alicyclic amines) is 1. The van der Waals surface area contributed by atoms with Gasteiger partial charge in [-0.1, -0.05) is 64.8 Å². The number of fused-ring (bicyclic) bond motifs is 1. The number of hydrogen-bond donors (Lipinski definition) is 18. The predicted molar refractivity (Wildman–Crippen MR) is 387 cm³/mol. The fourth-order valence-corrected chi connectivity index (χ4v) is 14.8. The van der Waals surface area contributed by atoms with Gasteiger partial charge in [0, 0.05) is 99.7 Å². The van der Waals surface area contributed by atoms with E-state index in [4.69, 9.17) is 22.9 Å². The van der Waals surface area contributed by atoms with E-state index in [-0.39, 0.29) is 80.0 Å². The number of amides is 12. The van der Waals surface area contributed by atoms with Gasteiger partial charge in [0.15, 0.2) is 5.96 Å². The number of H-pyrrole nitrogens is 1. The highest BCUT2D eigenvalue weighted by molar-refractivity contribution is 8.76. The van der Waals surface area contributed by atoms with Crippen LogP contribution in [0.4, 0.5) is 8.78 Å². The first-order valence-corrected chi connectivity index (χ1v) is 37.4. The van der Waals surface area contributed by atoms with Crippen LogP contribution in [0, 0.1) is 17.6 Å². The van der Waals surface area contributed by atoms with Crippen LogP contribution in [0.1, 0.15) is 107 Å². The first-order valence-electron chi connectivity index (χ1n) is 34.9. The number of hydrogen-bond acceptors (Lipinski definition) is 19. The minimum Gasteiger partial charge on any atom is -0.508 e. The van der Waals surface area contributed by atoms with Gasteiger partial charge in [0.25, 0.3) is 0 Å². The van der Waals surface area contributed by atoms with E-state index in [1.54, 1.807) is 0 Å². The summed E-state index contributed by atoms with van der Waals surface area (Å²) in [5, 5.41) is 55.7. The summed E-state index contributed by atoms with van der Waals surface area (Å²) in [6.45, 7) is -0.369. The summed E-state index contributed by atoms with van der Waals surface area (Å²) < 4.78 is 30.5. The van der Waals surface area contributed by atoms with Crippen molar-refractivity contribution in [3.05, 3.63) is 101 Å². The zero-order chi connectivity index (χ0) is 77.9. The highest BCUT2D eigenvalue weighted by atomic mass is 33.1. The lowest BCUT2D eigenvalue weighted by atomic mass is 9.95. The van der Waals surface area contributed by atoms with Crippen LogP contribution < -0.4 is 76.1 Å². The third-order valence-corrected chi connectivity index (χ3v) is 20.6. The number of guanidine groups is 1. The third-order valence-electron chi connectivity index (χ3n) is 18.1. The smallest absolute Gasteiger partial charge is 0.303 e. The molecular formula is C69H91F2N17O17S2. The zero-order valence-electron chi connectivity index (χ0n) is 58.4. The van der Waals surface area contributed by atoms with E-state index in [1.165, 1.54) is 59.6 Å². The highest BCUT2D eigenvalue weighted by Crippen LogP contribution is 2.30. The Kier molecular flexibility index (Phi) is 32.3. The topological polar surface area (TPSA) is 555 Å². The van der Waals surface area contributed by atoms with Crippen LogP contribution >= 0.6 is 21.6 Å². The molecule has 34 nitrogen and oxygen atoms in total. The van der Waals surface area contributed by atoms with E-state index in [2.05, 4.69) is 63.1 Å². The largest absolute Gasteiger partial charge is 0.508 e. The molecule has 4 aromatic rings. The number of phenols is 1. The third kappa shape index (κ3) is 26.1. The van der Waals surface area contributed by atoms with E-state index in [1.807, 2.05) is 0 Å². The average molecular weight is 1530 g/mol. The molecule has 10 atom stereocenters. The maximum absolute atomic E-state index is 15.7. The maximum atomic E-state index is 15.7. The fraction of sp³-hybridized carbons (Fsp3) is 0.493. The van der Waals surface area contributed by atoms with E-state index in [9.17, 15) is 72.4 Å². The lowest BCUT2D eigenvalue weighted by molar-refractivity contribution is -0.139. The number of nitrogens with two attached hydrogens (primary N) is 4. The van der Waals surface area contributed by atoms with Crippen LogP contribution in [0.2, 0.25) is 0 Å². The minimum absolute atomic E-state index is 0.00551. The van der Waals surface area contributed by atoms with E-state index in [0.717, 1.165) is 39.8 Å². The van der Waals surface area contributed by atoms with E-state index in [0.29, 0.717) is 43.2 Å². The number of aromatic hydroxyl groups is 1. The Hall–Kier alpha value is -10.6. The molecule has 22 N–H and O–H groups in total. The Bertz CT molecular complexity index is 3900. The number of primary amides is 1. The summed E-state index contributed by atoms with van der Waals surface area (Å²) in [5.74, 6) is -18.0. The first-order chi connectivity index (χ1) is 51.1. The minimum atomic E-state index is -1.83. The molecule has 38 heteroatoms. The highest BCUT2D eigenvalue weighted by Gasteiger charge is 2.41. The molecule has 3 heterocycles. The SMILES string of the molecule is NCCC(=O)N1CCC[C@H]1C(=O)N[C@@H](Cc1ccc(O)cc1)C(=O)N[C@H]1CSSC[C@@H](C(N)=O)NC(=O)[C@H](CCC(=O)O)NC(=O)[C@H](Cc2c[nH]c3ccc(F)cc23)NC(=O)[C@H](CCC(=O)O)NC(=O)CCNC(=O)[C@H](CCCN=C(N)N)NC(=O)[C@H](Cc2ccccc2F)NC(=O)[C@@H](C2CCCC2)NC1=O. The number of aliphatic carboxylic acids is 2. The van der Waals surface area contributed by atoms with Gasteiger partial charge in [-0.05, 0) is 110 Å². The van der Waals surface area contributed by atoms with Crippen molar-refractivity contribution in [1.82, 2.24) is 63.1 Å². The fourth-order valence-electron chi connectivity index (χ4n) is 12.5. The molecule has 3 fully saturated rings. The molecule has 1 aliphatic carbocycles. The molecule has 0 bridgehead atoms. The summed E-state index contributed by atoms with van der Waals surface area (Å²) in [4.78, 5) is 205. The average Bonchev–Trinajstić information content (AvgIpc) is 1.71. The zero-order valence-corrected chi connectivity index (χ0v) is 60.0. The number of aromatic nitrogens is 1. The maximum Gasteiger partial charge on any atom is 0.303 e. The lowest BCUT2D eigenvalue weighted by Crippen LogP contribution is -2.61. The lowest BCUT2D eigenvalue weighted by Gasteiger charge is -2.30. The molecule has 1 aromatic heterocycles. The molecule has 107 heavy (non-hydrogen) atoms. The number of rotatable bonds is 24. The number of carboxylic acid groups (broad SMARTS) is 2. The molecule has 3 aromatic carbocycles. The van der Waals surface area contributed by atoms with Gasteiger partial charge >= 0.3 is 11.9 Å². The number of carbonyl (C=O) groups is 14. The Labute approximate surface area is 620 Å². The second-order valence-corrected chi connectivity index (χ2v) is 28.6. The van der Waals surface area contributed by atoms with Crippen molar-refractivity contribution in [3.8, 4) is 5.75 Å². The van der Waals surface area contributed by atoms with Crippen molar-refractivity contribution in [2.75, 3.05) is 37.7 Å². The summed E-state index contributed by atoms with van der Waals surface area (Å²) in [7, 11) is 1.64. The number of benzene rings is 3. The summed E-state index contributed by atoms with van der Waals surface area (Å²) >= 11 is 0. The van der Waals surface area contributed by atoms with Crippen LogP contribution in [0.3, 0.4) is 0 Å². The number of carbonyl (C=O) groups excluding carboxylic acids is 12. The van der Waals surface area contributed by atoms with Gasteiger partial charge in [-0.2, -0.15) is 0 Å². The number of halogens is 2. The Morgan fingerprint density at radius 3 is 1.91 bits per heavy atom. The van der Waals surface area contributed by atoms with Crippen molar-refractivity contribution in [2.24, 2.45) is 33.8 Å². The number of nitrogens with zero attached hydrogens (tertiary/aromatic N) is 2. The second kappa shape index (κ2) is 41.3.